The fraction of sp³-hybridized carbons (Fsp3) is 0.500. The highest BCUT2D eigenvalue weighted by Crippen LogP contribution is 2.13. The molecule has 0 unspecified atom stereocenters. The van der Waals surface area contributed by atoms with Gasteiger partial charge in [0.1, 0.15) is 29.9 Å². The minimum absolute atomic E-state index is 0.00526. The molecule has 0 aliphatic carbocycles. The first-order chi connectivity index (χ1) is 25.3. The zero-order valence-electron chi connectivity index (χ0n) is 30.2. The summed E-state index contributed by atoms with van der Waals surface area (Å²) in [4.78, 5) is 66.9. The van der Waals surface area contributed by atoms with E-state index in [1.165, 1.54) is 12.1 Å². The number of rotatable bonds is 25. The predicted octanol–water partition coefficient (Wildman–Crippen LogP) is -1.55. The van der Waals surface area contributed by atoms with E-state index < -0.39 is 59.7 Å². The Labute approximate surface area is 310 Å². The number of nitrogens with one attached hydrogen (secondary N) is 6. The van der Waals surface area contributed by atoms with Crippen molar-refractivity contribution in [2.45, 2.75) is 94.4 Å². The summed E-state index contributed by atoms with van der Waals surface area (Å²) in [5.74, 6) is -3.61. The molecule has 0 radical (unpaired) electrons. The summed E-state index contributed by atoms with van der Waals surface area (Å²) in [5, 5.41) is 30.7. The molecule has 0 fully saturated rings. The van der Waals surface area contributed by atoms with Gasteiger partial charge in [-0.15, -0.1) is 0 Å². The van der Waals surface area contributed by atoms with Crippen LogP contribution in [0.1, 0.15) is 62.5 Å². The van der Waals surface area contributed by atoms with Gasteiger partial charge in [-0.3, -0.25) is 29.4 Å². The average Bonchev–Trinajstić information content (AvgIpc) is 3.12. The molecule has 17 nitrogen and oxygen atoms in total. The molecule has 5 amide bonds. The smallest absolute Gasteiger partial charge is 0.243 e. The van der Waals surface area contributed by atoms with Gasteiger partial charge in [-0.2, -0.15) is 0 Å². The van der Waals surface area contributed by atoms with Crippen LogP contribution in [0.4, 0.5) is 0 Å². The van der Waals surface area contributed by atoms with Gasteiger partial charge in [0.25, 0.3) is 0 Å². The second-order valence-electron chi connectivity index (χ2n) is 12.9. The van der Waals surface area contributed by atoms with Crippen molar-refractivity contribution in [2.75, 3.05) is 19.6 Å². The molecule has 5 atom stereocenters. The maximum Gasteiger partial charge on any atom is 0.243 e. The lowest BCUT2D eigenvalue weighted by atomic mass is 10.0. The maximum atomic E-state index is 14.0. The molecule has 0 aliphatic rings. The van der Waals surface area contributed by atoms with Gasteiger partial charge in [0.05, 0.1) is 6.04 Å². The number of unbranched alkanes of at least 4 members (excludes halogenated alkanes) is 2. The standard InChI is InChI=1S/C36H57N11O6/c37-18-6-4-11-26(39)32(50)46-29(22-24-14-16-25(48)17-15-24)35(53)45-28(13-8-20-43-36(41)42)33(51)47-30(21-23-9-2-1-3-10-23)34(52)44-27(31(40)49)12-5-7-19-38/h1-3,9-10,14-17,26-30,48H,4-8,11-13,18-22,37-39H2,(H2,40,49)(H,44,52)(H,45,53)(H,46,50)(H,47,51)(H4,41,42,43)/t26-,27-,28+,29-,30-/m0/s1. The Morgan fingerprint density at radius 1 is 0.604 bits per heavy atom. The van der Waals surface area contributed by atoms with E-state index in [-0.39, 0.29) is 50.4 Å². The Bertz CT molecular complexity index is 1460. The fourth-order valence-electron chi connectivity index (χ4n) is 5.45. The molecule has 0 saturated carbocycles. The van der Waals surface area contributed by atoms with Crippen LogP contribution in [-0.4, -0.2) is 90.4 Å². The molecule has 0 aliphatic heterocycles. The molecule has 0 aromatic heterocycles. The molecular formula is C36H57N11O6. The highest BCUT2D eigenvalue weighted by Gasteiger charge is 2.32. The van der Waals surface area contributed by atoms with Gasteiger partial charge in [0, 0.05) is 19.4 Å². The first kappa shape index (κ1) is 43.9. The number of aromatic hydroxyl groups is 1. The molecule has 17 N–H and O–H groups in total. The molecule has 17 heteroatoms. The van der Waals surface area contributed by atoms with Crippen molar-refractivity contribution < 1.29 is 29.1 Å². The Morgan fingerprint density at radius 3 is 1.62 bits per heavy atom. The number of hydrogen-bond donors (Lipinski definition) is 12. The van der Waals surface area contributed by atoms with Crippen LogP contribution in [-0.2, 0) is 36.8 Å². The topological polar surface area (TPSA) is 320 Å². The third-order valence-electron chi connectivity index (χ3n) is 8.46. The summed E-state index contributed by atoms with van der Waals surface area (Å²) in [5.41, 5.74) is 29.6. The summed E-state index contributed by atoms with van der Waals surface area (Å²) >= 11 is 0. The van der Waals surface area contributed by atoms with Crippen LogP contribution in [0.5, 0.6) is 5.75 Å². The highest BCUT2D eigenvalue weighted by atomic mass is 16.3. The summed E-state index contributed by atoms with van der Waals surface area (Å²) in [7, 11) is 0. The lowest BCUT2D eigenvalue weighted by Gasteiger charge is -2.27. The normalized spacial score (nSPS) is 13.7. The molecule has 0 bridgehead atoms. The number of benzene rings is 2. The van der Waals surface area contributed by atoms with E-state index in [1.54, 1.807) is 42.5 Å². The van der Waals surface area contributed by atoms with Crippen molar-refractivity contribution in [1.29, 1.82) is 5.41 Å². The van der Waals surface area contributed by atoms with Gasteiger partial charge in [-0.1, -0.05) is 48.9 Å². The first-order valence-electron chi connectivity index (χ1n) is 17.9. The third kappa shape index (κ3) is 17.2. The summed E-state index contributed by atoms with van der Waals surface area (Å²) in [6.07, 6.45) is 3.46. The Kier molecular flexibility index (Phi) is 19.9. The van der Waals surface area contributed by atoms with E-state index in [9.17, 15) is 29.1 Å². The molecule has 0 spiro atoms. The van der Waals surface area contributed by atoms with Crippen LogP contribution < -0.4 is 55.3 Å². The largest absolute Gasteiger partial charge is 0.508 e. The number of phenols is 1. The second-order valence-corrected chi connectivity index (χ2v) is 12.9. The molecule has 2 rings (SSSR count). The summed E-state index contributed by atoms with van der Waals surface area (Å²) in [6.45, 7) is 1.06. The lowest BCUT2D eigenvalue weighted by molar-refractivity contribution is -0.134. The van der Waals surface area contributed by atoms with Crippen LogP contribution in [0, 0.1) is 5.41 Å². The van der Waals surface area contributed by atoms with Gasteiger partial charge in [0.15, 0.2) is 5.96 Å². The number of phenolic OH excluding ortho intramolecular Hbond substituents is 1. The zero-order valence-corrected chi connectivity index (χ0v) is 30.2. The first-order valence-corrected chi connectivity index (χ1v) is 17.9. The van der Waals surface area contributed by atoms with E-state index >= 15 is 0 Å². The van der Waals surface area contributed by atoms with Crippen LogP contribution in [0.25, 0.3) is 0 Å². The van der Waals surface area contributed by atoms with E-state index in [2.05, 4.69) is 26.6 Å². The number of carbonyl (C=O) groups excluding carboxylic acids is 5. The van der Waals surface area contributed by atoms with Gasteiger partial charge < -0.3 is 60.4 Å². The number of hydrogen-bond acceptors (Lipinski definition) is 10. The maximum absolute atomic E-state index is 14.0. The molecule has 2 aromatic rings. The SMILES string of the molecule is N=C(N)NCCC[C@@H](NC(=O)[C@H](Cc1ccc(O)cc1)NC(=O)[C@@H](N)CCCCN)C(=O)N[C@@H](Cc1ccccc1)C(=O)N[C@@H](CCCCN)C(N)=O. The van der Waals surface area contributed by atoms with E-state index in [4.69, 9.17) is 34.1 Å². The van der Waals surface area contributed by atoms with Crippen molar-refractivity contribution in [2.24, 2.45) is 28.7 Å². The van der Waals surface area contributed by atoms with E-state index in [1.807, 2.05) is 0 Å². The van der Waals surface area contributed by atoms with Crippen molar-refractivity contribution in [3.05, 3.63) is 65.7 Å². The number of carbonyl (C=O) groups is 5. The average molecular weight is 740 g/mol. The Morgan fingerprint density at radius 2 is 1.08 bits per heavy atom. The van der Waals surface area contributed by atoms with Gasteiger partial charge in [-0.25, -0.2) is 0 Å². The Hall–Kier alpha value is -5.26. The molecule has 0 heterocycles. The fourth-order valence-corrected chi connectivity index (χ4v) is 5.45. The molecular weight excluding hydrogens is 682 g/mol. The van der Waals surface area contributed by atoms with Crippen LogP contribution in [0.3, 0.4) is 0 Å². The summed E-state index contributed by atoms with van der Waals surface area (Å²) < 4.78 is 0. The number of primary amides is 1. The number of amides is 5. The monoisotopic (exact) mass is 739 g/mol. The summed E-state index contributed by atoms with van der Waals surface area (Å²) in [6, 6.07) is 9.55. The Balaban J connectivity index is 2.37. The van der Waals surface area contributed by atoms with Crippen molar-refractivity contribution in [1.82, 2.24) is 26.6 Å². The lowest BCUT2D eigenvalue weighted by Crippen LogP contribution is -2.59. The molecule has 292 valence electrons. The third-order valence-corrected chi connectivity index (χ3v) is 8.46. The number of nitrogens with two attached hydrogens (primary N) is 5. The van der Waals surface area contributed by atoms with Gasteiger partial charge in [-0.05, 0) is 81.3 Å². The quantitative estimate of drug-likeness (QED) is 0.0314. The van der Waals surface area contributed by atoms with Crippen molar-refractivity contribution >= 4 is 35.5 Å². The molecule has 2 aromatic carbocycles. The van der Waals surface area contributed by atoms with Crippen molar-refractivity contribution in [3.8, 4) is 5.75 Å². The zero-order chi connectivity index (χ0) is 39.2. The minimum atomic E-state index is -1.21. The predicted molar refractivity (Wildman–Crippen MR) is 202 cm³/mol. The molecule has 53 heavy (non-hydrogen) atoms. The second kappa shape index (κ2) is 24.1. The minimum Gasteiger partial charge on any atom is -0.508 e. The van der Waals surface area contributed by atoms with Gasteiger partial charge >= 0.3 is 0 Å². The van der Waals surface area contributed by atoms with Gasteiger partial charge in [0.2, 0.25) is 29.5 Å². The van der Waals surface area contributed by atoms with Crippen molar-refractivity contribution in [3.63, 3.8) is 0 Å². The van der Waals surface area contributed by atoms with Crippen LogP contribution >= 0.6 is 0 Å². The number of guanidine groups is 1. The highest BCUT2D eigenvalue weighted by molar-refractivity contribution is 5.96. The van der Waals surface area contributed by atoms with E-state index in [0.29, 0.717) is 50.8 Å². The van der Waals surface area contributed by atoms with Crippen LogP contribution in [0.15, 0.2) is 54.6 Å². The van der Waals surface area contributed by atoms with E-state index in [0.717, 1.165) is 5.56 Å². The molecule has 0 saturated heterocycles. The van der Waals surface area contributed by atoms with Crippen LogP contribution in [0.2, 0.25) is 0 Å².